The van der Waals surface area contributed by atoms with E-state index in [1.807, 2.05) is 0 Å². The quantitative estimate of drug-likeness (QED) is 0.354. The van der Waals surface area contributed by atoms with Gasteiger partial charge in [-0.3, -0.25) is 9.59 Å². The number of esters is 1. The molecule has 0 aromatic heterocycles. The maximum Gasteiger partial charge on any atom is 0.302 e. The third kappa shape index (κ3) is 3.41. The SMILES string of the molecule is CC(=O)O[C@H]1CC[C@]2(C)[C@H]3CC(=O)[C@@H]4[C@@H]5CC(C)(C)CC[C@]5(C)CC[C@@]4(C)[C@]3(C)CC[C@H]2C1(C)C. The van der Waals surface area contributed by atoms with Crippen LogP contribution in [-0.4, -0.2) is 17.9 Å². The second kappa shape index (κ2) is 7.59. The molecule has 5 aliphatic rings. The summed E-state index contributed by atoms with van der Waals surface area (Å²) in [5.41, 5.74) is 1.05. The van der Waals surface area contributed by atoms with Gasteiger partial charge >= 0.3 is 5.97 Å². The molecule has 0 aliphatic heterocycles. The van der Waals surface area contributed by atoms with Gasteiger partial charge in [0.25, 0.3) is 0 Å². The van der Waals surface area contributed by atoms with Gasteiger partial charge in [0.15, 0.2) is 0 Å². The molecule has 5 fully saturated rings. The molecule has 9 atom stereocenters. The first kappa shape index (κ1) is 25.8. The van der Waals surface area contributed by atoms with Crippen LogP contribution in [0.15, 0.2) is 0 Å². The minimum absolute atomic E-state index is 0.00934. The van der Waals surface area contributed by atoms with Gasteiger partial charge in [0.1, 0.15) is 11.9 Å². The summed E-state index contributed by atoms with van der Waals surface area (Å²) in [6.07, 6.45) is 11.5. The fraction of sp³-hybridized carbons (Fsp3) is 0.938. The predicted octanol–water partition coefficient (Wildman–Crippen LogP) is 8.00. The van der Waals surface area contributed by atoms with E-state index in [1.165, 1.54) is 44.9 Å². The summed E-state index contributed by atoms with van der Waals surface area (Å²) < 4.78 is 5.87. The lowest BCUT2D eigenvalue weighted by molar-refractivity contribution is -0.246. The van der Waals surface area contributed by atoms with Crippen LogP contribution in [0.1, 0.15) is 127 Å². The number of fused-ring (bicyclic) bond motifs is 7. The van der Waals surface area contributed by atoms with Gasteiger partial charge in [-0.25, -0.2) is 0 Å². The van der Waals surface area contributed by atoms with E-state index in [-0.39, 0.29) is 39.7 Å². The normalized spacial score (nSPS) is 52.4. The highest BCUT2D eigenvalue weighted by atomic mass is 16.5. The third-order valence-electron chi connectivity index (χ3n) is 13.7. The zero-order chi connectivity index (χ0) is 25.8. The Balaban J connectivity index is 1.53. The Hall–Kier alpha value is -0.860. The first-order valence-electron chi connectivity index (χ1n) is 14.7. The molecule has 3 heteroatoms. The first-order chi connectivity index (χ1) is 16.0. The maximum atomic E-state index is 14.4. The molecule has 0 N–H and O–H groups in total. The zero-order valence-electron chi connectivity index (χ0n) is 24.2. The van der Waals surface area contributed by atoms with E-state index in [1.54, 1.807) is 6.92 Å². The highest BCUT2D eigenvalue weighted by molar-refractivity contribution is 5.84. The molecule has 0 aromatic rings. The average Bonchev–Trinajstić information content (AvgIpc) is 2.73. The van der Waals surface area contributed by atoms with Gasteiger partial charge < -0.3 is 4.74 Å². The summed E-state index contributed by atoms with van der Waals surface area (Å²) in [5.74, 6) is 2.12. The van der Waals surface area contributed by atoms with Crippen molar-refractivity contribution in [1.29, 1.82) is 0 Å². The molecule has 5 rings (SSSR count). The summed E-state index contributed by atoms with van der Waals surface area (Å²) in [4.78, 5) is 26.2. The van der Waals surface area contributed by atoms with Crippen LogP contribution in [0.5, 0.6) is 0 Å². The Labute approximate surface area is 214 Å². The van der Waals surface area contributed by atoms with Crippen molar-refractivity contribution < 1.29 is 14.3 Å². The van der Waals surface area contributed by atoms with Crippen LogP contribution in [-0.2, 0) is 14.3 Å². The first-order valence-corrected chi connectivity index (χ1v) is 14.7. The summed E-state index contributed by atoms with van der Waals surface area (Å²) in [5, 5.41) is 0. The van der Waals surface area contributed by atoms with E-state index in [0.717, 1.165) is 19.3 Å². The smallest absolute Gasteiger partial charge is 0.302 e. The van der Waals surface area contributed by atoms with Crippen LogP contribution in [0, 0.1) is 56.2 Å². The van der Waals surface area contributed by atoms with Gasteiger partial charge in [-0.1, -0.05) is 55.4 Å². The van der Waals surface area contributed by atoms with Gasteiger partial charge in [-0.15, -0.1) is 0 Å². The molecule has 0 aromatic carbocycles. The summed E-state index contributed by atoms with van der Waals surface area (Å²) >= 11 is 0. The molecule has 0 bridgehead atoms. The fourth-order valence-electron chi connectivity index (χ4n) is 11.4. The number of carbonyl (C=O) groups is 2. The molecule has 5 aliphatic carbocycles. The lowest BCUT2D eigenvalue weighted by Gasteiger charge is -2.73. The van der Waals surface area contributed by atoms with E-state index in [2.05, 4.69) is 55.4 Å². The van der Waals surface area contributed by atoms with E-state index in [4.69, 9.17) is 4.74 Å². The van der Waals surface area contributed by atoms with Crippen molar-refractivity contribution in [2.24, 2.45) is 56.2 Å². The van der Waals surface area contributed by atoms with Crippen molar-refractivity contribution in [3.8, 4) is 0 Å². The molecule has 0 amide bonds. The minimum atomic E-state index is -0.156. The number of hydrogen-bond acceptors (Lipinski definition) is 3. The lowest BCUT2D eigenvalue weighted by atomic mass is 9.31. The number of rotatable bonds is 1. The molecule has 3 nitrogen and oxygen atoms in total. The third-order valence-corrected chi connectivity index (χ3v) is 13.7. The van der Waals surface area contributed by atoms with Crippen LogP contribution in [0.2, 0.25) is 0 Å². The van der Waals surface area contributed by atoms with E-state index in [0.29, 0.717) is 34.4 Å². The second-order valence-corrected chi connectivity index (χ2v) is 16.2. The molecule has 198 valence electrons. The summed E-state index contributed by atoms with van der Waals surface area (Å²) in [6, 6.07) is 0. The van der Waals surface area contributed by atoms with E-state index >= 15 is 0 Å². The Bertz CT molecular complexity index is 918. The molecule has 35 heavy (non-hydrogen) atoms. The van der Waals surface area contributed by atoms with Crippen LogP contribution in [0.3, 0.4) is 0 Å². The Kier molecular flexibility index (Phi) is 5.59. The number of carbonyl (C=O) groups excluding carboxylic acids is 2. The minimum Gasteiger partial charge on any atom is -0.462 e. The maximum absolute atomic E-state index is 14.4. The van der Waals surface area contributed by atoms with Crippen molar-refractivity contribution in [2.45, 2.75) is 133 Å². The average molecular weight is 485 g/mol. The Morgan fingerprint density at radius 1 is 0.800 bits per heavy atom. The largest absolute Gasteiger partial charge is 0.462 e. The molecule has 0 heterocycles. The standard InChI is InChI=1S/C32H52O3/c1-20(33)35-25-11-12-30(7)23(28(25,4)5)10-13-31(8)24(30)18-22(34)26-21-19-27(2,3)14-15-29(21,6)16-17-32(26,31)9/h21,23-26H,10-19H2,1-9H3/t21-,23-,24+,25-,26-,29+,30-,31+,32+/m0/s1. The predicted molar refractivity (Wildman–Crippen MR) is 141 cm³/mol. The number of hydrogen-bond donors (Lipinski definition) is 0. The van der Waals surface area contributed by atoms with Crippen LogP contribution < -0.4 is 0 Å². The molecule has 0 spiro atoms. The number of ketones is 1. The molecule has 0 unspecified atom stereocenters. The second-order valence-electron chi connectivity index (χ2n) is 16.2. The van der Waals surface area contributed by atoms with Gasteiger partial charge in [-0.2, -0.15) is 0 Å². The van der Waals surface area contributed by atoms with Gasteiger partial charge in [0.2, 0.25) is 0 Å². The van der Waals surface area contributed by atoms with Gasteiger partial charge in [0, 0.05) is 24.7 Å². The highest BCUT2D eigenvalue weighted by Gasteiger charge is 2.71. The topological polar surface area (TPSA) is 43.4 Å². The van der Waals surface area contributed by atoms with Crippen LogP contribution in [0.25, 0.3) is 0 Å². The van der Waals surface area contributed by atoms with Crippen LogP contribution in [0.4, 0.5) is 0 Å². The molecule has 0 radical (unpaired) electrons. The monoisotopic (exact) mass is 484 g/mol. The number of ether oxygens (including phenoxy) is 1. The summed E-state index contributed by atoms with van der Waals surface area (Å²) in [7, 11) is 0. The van der Waals surface area contributed by atoms with Gasteiger partial charge in [0.05, 0.1) is 0 Å². The highest BCUT2D eigenvalue weighted by Crippen LogP contribution is 2.76. The molecular formula is C32H52O3. The Morgan fingerprint density at radius 3 is 2.11 bits per heavy atom. The van der Waals surface area contributed by atoms with Crippen molar-refractivity contribution in [3.63, 3.8) is 0 Å². The van der Waals surface area contributed by atoms with Crippen molar-refractivity contribution in [2.75, 3.05) is 0 Å². The van der Waals surface area contributed by atoms with Crippen molar-refractivity contribution >= 4 is 11.8 Å². The van der Waals surface area contributed by atoms with Crippen molar-refractivity contribution in [1.82, 2.24) is 0 Å². The van der Waals surface area contributed by atoms with E-state index < -0.39 is 0 Å². The molecular weight excluding hydrogens is 432 g/mol. The lowest BCUT2D eigenvalue weighted by Crippen LogP contribution is -2.69. The molecule has 0 saturated heterocycles. The zero-order valence-corrected chi connectivity index (χ0v) is 24.2. The van der Waals surface area contributed by atoms with Crippen molar-refractivity contribution in [3.05, 3.63) is 0 Å². The van der Waals surface area contributed by atoms with Crippen LogP contribution >= 0.6 is 0 Å². The van der Waals surface area contributed by atoms with E-state index in [9.17, 15) is 9.59 Å². The van der Waals surface area contributed by atoms with Gasteiger partial charge in [-0.05, 0) is 103 Å². The molecule has 5 saturated carbocycles. The fourth-order valence-corrected chi connectivity index (χ4v) is 11.4. The number of Topliss-reactive ketones (excluding diaryl/α,β-unsaturated/α-hetero) is 1. The summed E-state index contributed by atoms with van der Waals surface area (Å²) in [6.45, 7) is 21.3. The Morgan fingerprint density at radius 2 is 1.46 bits per heavy atom.